The van der Waals surface area contributed by atoms with Gasteiger partial charge >= 0.3 is 0 Å². The second-order valence-electron chi connectivity index (χ2n) is 8.23. The minimum Gasteiger partial charge on any atom is -0.496 e. The Kier molecular flexibility index (Phi) is 6.43. The Hall–Kier alpha value is -3.10. The van der Waals surface area contributed by atoms with Gasteiger partial charge in [-0.05, 0) is 49.9 Å². The number of hydrogen-bond donors (Lipinski definition) is 1. The molecule has 1 unspecified atom stereocenters. The molecule has 0 saturated heterocycles. The third-order valence-electron chi connectivity index (χ3n) is 6.04. The van der Waals surface area contributed by atoms with Gasteiger partial charge in [0.1, 0.15) is 10.6 Å². The molecule has 6 nitrogen and oxygen atoms in total. The van der Waals surface area contributed by atoms with Crippen LogP contribution in [0.25, 0.3) is 15.9 Å². The number of nitrogens with zero attached hydrogens (tertiary/aromatic N) is 2. The van der Waals surface area contributed by atoms with Crippen molar-refractivity contribution in [1.82, 2.24) is 14.9 Å². The molecule has 5 rings (SSSR count). The van der Waals surface area contributed by atoms with Crippen LogP contribution in [0, 0.1) is 0 Å². The van der Waals surface area contributed by atoms with Crippen LogP contribution in [0.3, 0.4) is 0 Å². The van der Waals surface area contributed by atoms with E-state index in [0.29, 0.717) is 5.16 Å². The molecule has 0 fully saturated rings. The van der Waals surface area contributed by atoms with Crippen LogP contribution in [0.4, 0.5) is 0 Å². The molecule has 2 aromatic carbocycles. The van der Waals surface area contributed by atoms with Crippen LogP contribution in [0.5, 0.6) is 5.75 Å². The molecule has 0 aliphatic heterocycles. The molecule has 2 aromatic heterocycles. The van der Waals surface area contributed by atoms with Crippen molar-refractivity contribution in [3.05, 3.63) is 81.0 Å². The van der Waals surface area contributed by atoms with Gasteiger partial charge in [0, 0.05) is 10.4 Å². The molecule has 1 amide bonds. The Morgan fingerprint density at radius 3 is 2.74 bits per heavy atom. The lowest BCUT2D eigenvalue weighted by atomic mass is 10.1. The molecule has 1 N–H and O–H groups in total. The second-order valence-corrected chi connectivity index (χ2v) is 10.3. The van der Waals surface area contributed by atoms with Gasteiger partial charge in [0.25, 0.3) is 5.56 Å². The summed E-state index contributed by atoms with van der Waals surface area (Å²) < 4.78 is 7.07. The third kappa shape index (κ3) is 4.23. The van der Waals surface area contributed by atoms with Crippen LogP contribution >= 0.6 is 23.1 Å². The summed E-state index contributed by atoms with van der Waals surface area (Å²) in [5, 5.41) is 4.30. The number of hydrogen-bond acceptors (Lipinski definition) is 6. The van der Waals surface area contributed by atoms with E-state index in [2.05, 4.69) is 5.32 Å². The predicted octanol–water partition coefficient (Wildman–Crippen LogP) is 4.91. The number of thiophene rings is 1. The Morgan fingerprint density at radius 2 is 1.94 bits per heavy atom. The first-order chi connectivity index (χ1) is 16.6. The first-order valence-electron chi connectivity index (χ1n) is 11.2. The Bertz CT molecular complexity index is 1410. The van der Waals surface area contributed by atoms with Crippen LogP contribution < -0.4 is 15.6 Å². The van der Waals surface area contributed by atoms with Crippen molar-refractivity contribution in [3.63, 3.8) is 0 Å². The summed E-state index contributed by atoms with van der Waals surface area (Å²) in [7, 11) is 1.62. The summed E-state index contributed by atoms with van der Waals surface area (Å²) in [4.78, 5) is 33.4. The number of rotatable bonds is 7. The lowest BCUT2D eigenvalue weighted by molar-refractivity contribution is -0.119. The number of fused-ring (bicyclic) bond motifs is 3. The van der Waals surface area contributed by atoms with E-state index in [1.807, 2.05) is 61.5 Å². The Labute approximate surface area is 206 Å². The number of aromatic nitrogens is 2. The average molecular weight is 492 g/mol. The van der Waals surface area contributed by atoms with Crippen LogP contribution in [-0.2, 0) is 17.6 Å². The van der Waals surface area contributed by atoms with E-state index in [4.69, 9.17) is 9.72 Å². The van der Waals surface area contributed by atoms with E-state index in [-0.39, 0.29) is 23.3 Å². The average Bonchev–Trinajstić information content (AvgIpc) is 3.44. The molecule has 1 aliphatic carbocycles. The van der Waals surface area contributed by atoms with Gasteiger partial charge in [-0.25, -0.2) is 4.98 Å². The number of nitrogens with one attached hydrogen (secondary N) is 1. The molecule has 1 atom stereocenters. The molecule has 34 heavy (non-hydrogen) atoms. The quantitative estimate of drug-likeness (QED) is 0.294. The topological polar surface area (TPSA) is 73.2 Å². The second kappa shape index (κ2) is 9.64. The van der Waals surface area contributed by atoms with Crippen LogP contribution in [0.2, 0.25) is 0 Å². The van der Waals surface area contributed by atoms with E-state index in [9.17, 15) is 9.59 Å². The fraction of sp³-hybridized carbons (Fsp3) is 0.269. The number of thioether (sulfide) groups is 1. The summed E-state index contributed by atoms with van der Waals surface area (Å²) in [5.41, 5.74) is 2.77. The smallest absolute Gasteiger partial charge is 0.267 e. The molecule has 8 heteroatoms. The van der Waals surface area contributed by atoms with Crippen molar-refractivity contribution in [2.45, 2.75) is 37.4 Å². The van der Waals surface area contributed by atoms with Crippen LogP contribution in [-0.4, -0.2) is 28.3 Å². The molecule has 0 spiro atoms. The van der Waals surface area contributed by atoms with E-state index < -0.39 is 0 Å². The highest BCUT2D eigenvalue weighted by molar-refractivity contribution is 7.99. The molecule has 174 valence electrons. The van der Waals surface area contributed by atoms with Gasteiger partial charge in [0.15, 0.2) is 5.16 Å². The van der Waals surface area contributed by atoms with Crippen LogP contribution in [0.1, 0.15) is 35.4 Å². The summed E-state index contributed by atoms with van der Waals surface area (Å²) in [6.45, 7) is 1.93. The highest BCUT2D eigenvalue weighted by Crippen LogP contribution is 2.36. The van der Waals surface area contributed by atoms with E-state index >= 15 is 0 Å². The summed E-state index contributed by atoms with van der Waals surface area (Å²) in [6.07, 6.45) is 3.02. The first kappa shape index (κ1) is 22.7. The Morgan fingerprint density at radius 1 is 1.18 bits per heavy atom. The zero-order valence-corrected chi connectivity index (χ0v) is 20.7. The number of ether oxygens (including phenoxy) is 1. The largest absolute Gasteiger partial charge is 0.496 e. The molecule has 4 aromatic rings. The summed E-state index contributed by atoms with van der Waals surface area (Å²) >= 11 is 2.89. The van der Waals surface area contributed by atoms with E-state index in [1.165, 1.54) is 16.6 Å². The van der Waals surface area contributed by atoms with Gasteiger partial charge in [-0.3, -0.25) is 14.2 Å². The maximum absolute atomic E-state index is 13.7. The van der Waals surface area contributed by atoms with Crippen molar-refractivity contribution < 1.29 is 9.53 Å². The first-order valence-corrected chi connectivity index (χ1v) is 13.0. The van der Waals surface area contributed by atoms with Gasteiger partial charge in [-0.15, -0.1) is 11.3 Å². The summed E-state index contributed by atoms with van der Waals surface area (Å²) in [5.74, 6) is 0.750. The zero-order valence-electron chi connectivity index (χ0n) is 19.0. The molecular weight excluding hydrogens is 466 g/mol. The van der Waals surface area contributed by atoms with Crippen molar-refractivity contribution in [2.75, 3.05) is 12.9 Å². The number of carbonyl (C=O) groups is 1. The number of amides is 1. The standard InChI is InChI=1S/C26H25N3O3S2/c1-16(18-11-6-7-13-20(18)32-2)27-22(30)15-33-26-28-24-23(19-12-8-14-21(19)34-24)25(31)29(26)17-9-4-3-5-10-17/h3-7,9-11,13,16H,8,12,14-15H2,1-2H3,(H,27,30). The van der Waals surface area contributed by atoms with Crippen molar-refractivity contribution in [1.29, 1.82) is 0 Å². The molecule has 2 heterocycles. The lowest BCUT2D eigenvalue weighted by Crippen LogP contribution is -2.29. The van der Waals surface area contributed by atoms with Gasteiger partial charge < -0.3 is 10.1 Å². The lowest BCUT2D eigenvalue weighted by Gasteiger charge is -2.17. The molecule has 0 bridgehead atoms. The molecule has 0 radical (unpaired) electrons. The van der Waals surface area contributed by atoms with Gasteiger partial charge in [-0.2, -0.15) is 0 Å². The number of methoxy groups -OCH3 is 1. The number of carbonyl (C=O) groups excluding carboxylic acids is 1. The molecule has 1 aliphatic rings. The van der Waals surface area contributed by atoms with Gasteiger partial charge in [0.05, 0.1) is 30.0 Å². The third-order valence-corrected chi connectivity index (χ3v) is 8.16. The van der Waals surface area contributed by atoms with Crippen molar-refractivity contribution in [3.8, 4) is 11.4 Å². The predicted molar refractivity (Wildman–Crippen MR) is 138 cm³/mol. The highest BCUT2D eigenvalue weighted by atomic mass is 32.2. The highest BCUT2D eigenvalue weighted by Gasteiger charge is 2.24. The van der Waals surface area contributed by atoms with Crippen molar-refractivity contribution >= 4 is 39.2 Å². The minimum atomic E-state index is -0.212. The number of benzene rings is 2. The van der Waals surface area contributed by atoms with Gasteiger partial charge in [0.2, 0.25) is 5.91 Å². The molecule has 0 saturated carbocycles. The zero-order chi connectivity index (χ0) is 23.7. The normalized spacial score (nSPS) is 13.6. The maximum Gasteiger partial charge on any atom is 0.267 e. The number of aryl methyl sites for hydroxylation is 2. The monoisotopic (exact) mass is 491 g/mol. The maximum atomic E-state index is 13.7. The fourth-order valence-corrected chi connectivity index (χ4v) is 6.57. The van der Waals surface area contributed by atoms with E-state index in [1.54, 1.807) is 23.0 Å². The van der Waals surface area contributed by atoms with Gasteiger partial charge in [-0.1, -0.05) is 48.2 Å². The summed E-state index contributed by atoms with van der Waals surface area (Å²) in [6, 6.07) is 16.9. The minimum absolute atomic E-state index is 0.0547. The SMILES string of the molecule is COc1ccccc1C(C)NC(=O)CSc1nc2sc3c(c2c(=O)n1-c1ccccc1)CCC3. The Balaban J connectivity index is 1.43. The fourth-order valence-electron chi connectivity index (χ4n) is 4.44. The van der Waals surface area contributed by atoms with Crippen LogP contribution in [0.15, 0.2) is 64.5 Å². The number of para-hydroxylation sites is 2. The molecular formula is C26H25N3O3S2. The van der Waals surface area contributed by atoms with Crippen molar-refractivity contribution in [2.24, 2.45) is 0 Å². The van der Waals surface area contributed by atoms with E-state index in [0.717, 1.165) is 52.0 Å².